The standard InChI is InChI=1S/C17H19Cl2N3O2S/c1-10-5-17(15-12(4-14(18)25-15)13(23)9-24-17)2-3-22(10)8-11-6-20-16(19)21-7-11/h4,6-7,10,13,23H,2-3,5,8-9H2,1H3/t10-,13?,17+/m0/s1. The third kappa shape index (κ3) is 3.31. The van der Waals surface area contributed by atoms with Crippen molar-refractivity contribution < 1.29 is 9.84 Å². The van der Waals surface area contributed by atoms with E-state index in [1.807, 2.05) is 6.07 Å². The molecule has 3 atom stereocenters. The number of nitrogens with zero attached hydrogens (tertiary/aromatic N) is 3. The van der Waals surface area contributed by atoms with Gasteiger partial charge in [-0.1, -0.05) is 11.6 Å². The van der Waals surface area contributed by atoms with E-state index >= 15 is 0 Å². The molecular weight excluding hydrogens is 381 g/mol. The van der Waals surface area contributed by atoms with E-state index in [9.17, 15) is 5.11 Å². The average molecular weight is 400 g/mol. The summed E-state index contributed by atoms with van der Waals surface area (Å²) in [4.78, 5) is 11.6. The molecule has 0 bridgehead atoms. The summed E-state index contributed by atoms with van der Waals surface area (Å²) in [6.45, 7) is 4.22. The Morgan fingerprint density at radius 1 is 1.40 bits per heavy atom. The first kappa shape index (κ1) is 17.6. The summed E-state index contributed by atoms with van der Waals surface area (Å²) in [6, 6.07) is 2.21. The third-order valence-corrected chi connectivity index (χ3v) is 6.79. The summed E-state index contributed by atoms with van der Waals surface area (Å²) in [5.74, 6) is 0. The molecule has 1 saturated heterocycles. The number of hydrogen-bond donors (Lipinski definition) is 1. The summed E-state index contributed by atoms with van der Waals surface area (Å²) in [6.07, 6.45) is 4.72. The van der Waals surface area contributed by atoms with Crippen molar-refractivity contribution in [2.24, 2.45) is 0 Å². The molecule has 0 saturated carbocycles. The van der Waals surface area contributed by atoms with Crippen LogP contribution in [0.4, 0.5) is 0 Å². The zero-order valence-corrected chi connectivity index (χ0v) is 16.1. The van der Waals surface area contributed by atoms with Crippen LogP contribution in [0.25, 0.3) is 0 Å². The van der Waals surface area contributed by atoms with Crippen molar-refractivity contribution in [1.82, 2.24) is 14.9 Å². The SMILES string of the molecule is C[C@H]1C[C@@]2(CCN1Cc1cnc(Cl)nc1)OCC(O)c1cc(Cl)sc12. The molecule has 1 spiro atoms. The van der Waals surface area contributed by atoms with E-state index in [2.05, 4.69) is 21.8 Å². The maximum atomic E-state index is 10.2. The van der Waals surface area contributed by atoms with Crippen molar-refractivity contribution in [3.05, 3.63) is 44.1 Å². The Morgan fingerprint density at radius 2 is 2.16 bits per heavy atom. The lowest BCUT2D eigenvalue weighted by Gasteiger charge is -2.47. The van der Waals surface area contributed by atoms with Crippen LogP contribution in [0.5, 0.6) is 0 Å². The quantitative estimate of drug-likeness (QED) is 0.778. The minimum Gasteiger partial charge on any atom is -0.386 e. The normalized spacial score (nSPS) is 29.8. The highest BCUT2D eigenvalue weighted by molar-refractivity contribution is 7.16. The van der Waals surface area contributed by atoms with Gasteiger partial charge in [-0.25, -0.2) is 9.97 Å². The van der Waals surface area contributed by atoms with Crippen LogP contribution in [0, 0.1) is 0 Å². The number of hydrogen-bond acceptors (Lipinski definition) is 6. The molecule has 134 valence electrons. The van der Waals surface area contributed by atoms with Gasteiger partial charge in [0.05, 0.1) is 10.9 Å². The highest BCUT2D eigenvalue weighted by Gasteiger charge is 2.46. The number of fused-ring (bicyclic) bond motifs is 2. The Kier molecular flexibility index (Phi) is 4.77. The summed E-state index contributed by atoms with van der Waals surface area (Å²) in [5.41, 5.74) is 1.65. The van der Waals surface area contributed by atoms with Gasteiger partial charge < -0.3 is 9.84 Å². The van der Waals surface area contributed by atoms with Crippen molar-refractivity contribution in [2.75, 3.05) is 13.2 Å². The van der Waals surface area contributed by atoms with Gasteiger partial charge in [0, 0.05) is 47.5 Å². The lowest BCUT2D eigenvalue weighted by Crippen LogP contribution is -2.50. The molecule has 0 amide bonds. The van der Waals surface area contributed by atoms with Crippen molar-refractivity contribution in [1.29, 1.82) is 0 Å². The van der Waals surface area contributed by atoms with E-state index in [1.54, 1.807) is 12.4 Å². The van der Waals surface area contributed by atoms with Crippen molar-refractivity contribution >= 4 is 34.5 Å². The van der Waals surface area contributed by atoms with Crippen molar-refractivity contribution in [3.63, 3.8) is 0 Å². The van der Waals surface area contributed by atoms with Crippen LogP contribution >= 0.6 is 34.5 Å². The Morgan fingerprint density at radius 3 is 2.88 bits per heavy atom. The first-order chi connectivity index (χ1) is 12.0. The molecule has 4 heterocycles. The Hall–Kier alpha value is -0.760. The fourth-order valence-electron chi connectivity index (χ4n) is 3.85. The highest BCUT2D eigenvalue weighted by atomic mass is 35.5. The minimum atomic E-state index is -0.580. The Labute approximate surface area is 160 Å². The third-order valence-electron chi connectivity index (χ3n) is 5.13. The van der Waals surface area contributed by atoms with E-state index in [-0.39, 0.29) is 10.9 Å². The molecule has 0 aliphatic carbocycles. The monoisotopic (exact) mass is 399 g/mol. The molecule has 1 N–H and O–H groups in total. The lowest BCUT2D eigenvalue weighted by atomic mass is 9.81. The van der Waals surface area contributed by atoms with Gasteiger partial charge in [-0.15, -0.1) is 11.3 Å². The maximum absolute atomic E-state index is 10.2. The van der Waals surface area contributed by atoms with Crippen LogP contribution in [-0.4, -0.2) is 39.2 Å². The molecule has 4 rings (SSSR count). The van der Waals surface area contributed by atoms with Gasteiger partial charge in [0.2, 0.25) is 5.28 Å². The number of piperidine rings is 1. The number of likely N-dealkylation sites (tertiary alicyclic amines) is 1. The summed E-state index contributed by atoms with van der Waals surface area (Å²) in [7, 11) is 0. The second kappa shape index (κ2) is 6.76. The van der Waals surface area contributed by atoms with E-state index in [4.69, 9.17) is 27.9 Å². The van der Waals surface area contributed by atoms with E-state index in [1.165, 1.54) is 11.3 Å². The van der Waals surface area contributed by atoms with Crippen LogP contribution < -0.4 is 0 Å². The van der Waals surface area contributed by atoms with Crippen molar-refractivity contribution in [2.45, 2.75) is 44.1 Å². The van der Waals surface area contributed by atoms with Crippen LogP contribution in [-0.2, 0) is 16.9 Å². The second-order valence-electron chi connectivity index (χ2n) is 6.79. The second-order valence-corrected chi connectivity index (χ2v) is 8.81. The van der Waals surface area contributed by atoms with Gasteiger partial charge in [0.15, 0.2) is 0 Å². The zero-order chi connectivity index (χ0) is 17.6. The first-order valence-electron chi connectivity index (χ1n) is 8.29. The molecule has 5 nitrogen and oxygen atoms in total. The first-order valence-corrected chi connectivity index (χ1v) is 9.86. The van der Waals surface area contributed by atoms with Crippen LogP contribution in [0.2, 0.25) is 9.62 Å². The summed E-state index contributed by atoms with van der Waals surface area (Å²) >= 11 is 13.5. The van der Waals surface area contributed by atoms with E-state index in [0.29, 0.717) is 17.0 Å². The lowest BCUT2D eigenvalue weighted by molar-refractivity contribution is -0.139. The van der Waals surface area contributed by atoms with Gasteiger partial charge in [-0.2, -0.15) is 0 Å². The molecule has 8 heteroatoms. The highest BCUT2D eigenvalue weighted by Crippen LogP contribution is 2.50. The summed E-state index contributed by atoms with van der Waals surface area (Å²) in [5, 5.41) is 10.5. The molecule has 0 aromatic carbocycles. The molecule has 1 fully saturated rings. The van der Waals surface area contributed by atoms with Gasteiger partial charge in [-0.3, -0.25) is 4.90 Å². The number of aliphatic hydroxyl groups is 1. The largest absolute Gasteiger partial charge is 0.386 e. The van der Waals surface area contributed by atoms with E-state index in [0.717, 1.165) is 41.9 Å². The smallest absolute Gasteiger partial charge is 0.222 e. The topological polar surface area (TPSA) is 58.5 Å². The predicted molar refractivity (Wildman–Crippen MR) is 98.1 cm³/mol. The van der Waals surface area contributed by atoms with Crippen LogP contribution in [0.1, 0.15) is 41.9 Å². The van der Waals surface area contributed by atoms with E-state index < -0.39 is 6.10 Å². The average Bonchev–Trinajstić information content (AvgIpc) is 2.99. The van der Waals surface area contributed by atoms with Gasteiger partial charge in [-0.05, 0) is 37.4 Å². The molecule has 2 aliphatic heterocycles. The zero-order valence-electron chi connectivity index (χ0n) is 13.8. The fraction of sp³-hybridized carbons (Fsp3) is 0.529. The number of aliphatic hydroxyl groups excluding tert-OH is 1. The number of thiophene rings is 1. The molecular formula is C17H19Cl2N3O2S. The molecule has 2 aromatic heterocycles. The molecule has 0 radical (unpaired) electrons. The number of halogens is 2. The number of aromatic nitrogens is 2. The van der Waals surface area contributed by atoms with Crippen LogP contribution in [0.3, 0.4) is 0 Å². The molecule has 2 aliphatic rings. The molecule has 25 heavy (non-hydrogen) atoms. The van der Waals surface area contributed by atoms with Crippen molar-refractivity contribution in [3.8, 4) is 0 Å². The van der Waals surface area contributed by atoms with Gasteiger partial charge >= 0.3 is 0 Å². The van der Waals surface area contributed by atoms with Crippen LogP contribution in [0.15, 0.2) is 18.5 Å². The number of rotatable bonds is 2. The number of ether oxygens (including phenoxy) is 1. The predicted octanol–water partition coefficient (Wildman–Crippen LogP) is 3.79. The fourth-order valence-corrected chi connectivity index (χ4v) is 5.42. The minimum absolute atomic E-state index is 0.269. The van der Waals surface area contributed by atoms with Gasteiger partial charge in [0.25, 0.3) is 0 Å². The Bertz CT molecular complexity index is 770. The summed E-state index contributed by atoms with van der Waals surface area (Å²) < 4.78 is 6.89. The molecule has 2 aromatic rings. The van der Waals surface area contributed by atoms with Gasteiger partial charge in [0.1, 0.15) is 11.7 Å². The Balaban J connectivity index is 1.53. The molecule has 1 unspecified atom stereocenters. The maximum Gasteiger partial charge on any atom is 0.222 e.